The highest BCUT2D eigenvalue weighted by Gasteiger charge is 1.97. The van der Waals surface area contributed by atoms with Crippen LogP contribution in [0.2, 0.25) is 5.02 Å². The van der Waals surface area contributed by atoms with Crippen molar-refractivity contribution in [3.8, 4) is 0 Å². The zero-order valence-corrected chi connectivity index (χ0v) is 11.6. The van der Waals surface area contributed by atoms with Crippen molar-refractivity contribution in [2.24, 2.45) is 0 Å². The van der Waals surface area contributed by atoms with Crippen LogP contribution in [-0.4, -0.2) is 5.91 Å². The van der Waals surface area contributed by atoms with Gasteiger partial charge in [0, 0.05) is 23.3 Å². The van der Waals surface area contributed by atoms with Gasteiger partial charge < -0.3 is 11.1 Å². The molecule has 3 nitrogen and oxygen atoms in total. The smallest absolute Gasteiger partial charge is 0.244 e. The maximum absolute atomic E-state index is 11.7. The number of hydrogen-bond donors (Lipinski definition) is 2. The highest BCUT2D eigenvalue weighted by molar-refractivity contribution is 6.30. The first-order valence-electron chi connectivity index (χ1n) is 6.19. The summed E-state index contributed by atoms with van der Waals surface area (Å²) in [7, 11) is 0. The van der Waals surface area contributed by atoms with E-state index in [1.165, 1.54) is 6.08 Å². The van der Waals surface area contributed by atoms with Gasteiger partial charge in [-0.2, -0.15) is 0 Å². The summed E-state index contributed by atoms with van der Waals surface area (Å²) in [6, 6.07) is 14.7. The van der Waals surface area contributed by atoms with Gasteiger partial charge in [-0.3, -0.25) is 4.79 Å². The lowest BCUT2D eigenvalue weighted by Gasteiger charge is -2.02. The van der Waals surface area contributed by atoms with Crippen LogP contribution < -0.4 is 11.1 Å². The first-order chi connectivity index (χ1) is 9.63. The highest BCUT2D eigenvalue weighted by atomic mass is 35.5. The van der Waals surface area contributed by atoms with Gasteiger partial charge in [0.2, 0.25) is 5.91 Å². The molecular formula is C16H15ClN2O. The van der Waals surface area contributed by atoms with Crippen molar-refractivity contribution in [2.75, 3.05) is 5.73 Å². The van der Waals surface area contributed by atoms with Gasteiger partial charge in [-0.25, -0.2) is 0 Å². The van der Waals surface area contributed by atoms with Crippen LogP contribution in [0, 0.1) is 0 Å². The van der Waals surface area contributed by atoms with Crippen LogP contribution in [0.5, 0.6) is 0 Å². The van der Waals surface area contributed by atoms with Crippen molar-refractivity contribution in [3.63, 3.8) is 0 Å². The van der Waals surface area contributed by atoms with Gasteiger partial charge >= 0.3 is 0 Å². The number of hydrogen-bond acceptors (Lipinski definition) is 2. The molecule has 0 bridgehead atoms. The Kier molecular flexibility index (Phi) is 4.80. The van der Waals surface area contributed by atoms with Crippen LogP contribution in [0.1, 0.15) is 11.1 Å². The van der Waals surface area contributed by atoms with E-state index in [-0.39, 0.29) is 5.91 Å². The molecule has 0 spiro atoms. The minimum atomic E-state index is -0.142. The van der Waals surface area contributed by atoms with Gasteiger partial charge in [-0.15, -0.1) is 0 Å². The van der Waals surface area contributed by atoms with Crippen LogP contribution in [0.15, 0.2) is 54.6 Å². The summed E-state index contributed by atoms with van der Waals surface area (Å²) in [6.07, 6.45) is 3.25. The normalized spacial score (nSPS) is 10.7. The number of anilines is 1. The van der Waals surface area contributed by atoms with E-state index in [1.54, 1.807) is 30.3 Å². The van der Waals surface area contributed by atoms with Crippen molar-refractivity contribution in [3.05, 3.63) is 70.8 Å². The summed E-state index contributed by atoms with van der Waals surface area (Å²) in [5.41, 5.74) is 8.23. The fourth-order valence-corrected chi connectivity index (χ4v) is 1.76. The van der Waals surface area contributed by atoms with Gasteiger partial charge in [0.1, 0.15) is 0 Å². The fraction of sp³-hybridized carbons (Fsp3) is 0.0625. The molecule has 0 saturated heterocycles. The largest absolute Gasteiger partial charge is 0.399 e. The fourth-order valence-electron chi connectivity index (χ4n) is 1.63. The van der Waals surface area contributed by atoms with E-state index in [1.807, 2.05) is 24.3 Å². The number of carbonyl (C=O) groups excluding carboxylic acids is 1. The second kappa shape index (κ2) is 6.78. The number of nitrogen functional groups attached to an aromatic ring is 1. The monoisotopic (exact) mass is 286 g/mol. The van der Waals surface area contributed by atoms with Crippen LogP contribution in [0.25, 0.3) is 6.08 Å². The lowest BCUT2D eigenvalue weighted by Crippen LogP contribution is -2.20. The van der Waals surface area contributed by atoms with Gasteiger partial charge in [0.15, 0.2) is 0 Å². The number of benzene rings is 2. The summed E-state index contributed by atoms with van der Waals surface area (Å²) in [6.45, 7) is 0.474. The van der Waals surface area contributed by atoms with E-state index in [2.05, 4.69) is 5.32 Å². The van der Waals surface area contributed by atoms with Gasteiger partial charge in [-0.1, -0.05) is 35.9 Å². The van der Waals surface area contributed by atoms with Crippen molar-refractivity contribution in [2.45, 2.75) is 6.54 Å². The first-order valence-corrected chi connectivity index (χ1v) is 6.57. The van der Waals surface area contributed by atoms with E-state index in [0.29, 0.717) is 17.3 Å². The molecule has 2 aromatic carbocycles. The van der Waals surface area contributed by atoms with Crippen molar-refractivity contribution >= 4 is 29.3 Å². The Balaban J connectivity index is 1.86. The molecule has 0 aliphatic rings. The average molecular weight is 287 g/mol. The summed E-state index contributed by atoms with van der Waals surface area (Å²) in [5, 5.41) is 3.49. The molecule has 0 radical (unpaired) electrons. The highest BCUT2D eigenvalue weighted by Crippen LogP contribution is 2.09. The van der Waals surface area contributed by atoms with E-state index in [9.17, 15) is 4.79 Å². The van der Waals surface area contributed by atoms with E-state index < -0.39 is 0 Å². The van der Waals surface area contributed by atoms with Crippen LogP contribution >= 0.6 is 11.6 Å². The van der Waals surface area contributed by atoms with Gasteiger partial charge in [-0.05, 0) is 41.5 Å². The summed E-state index contributed by atoms with van der Waals surface area (Å²) in [5.74, 6) is -0.142. The third-order valence-corrected chi connectivity index (χ3v) is 3.00. The Hall–Kier alpha value is -2.26. The Morgan fingerprint density at radius 3 is 2.40 bits per heavy atom. The predicted octanol–water partition coefficient (Wildman–Crippen LogP) is 3.25. The maximum atomic E-state index is 11.7. The predicted molar refractivity (Wildman–Crippen MR) is 83.2 cm³/mol. The molecule has 0 heterocycles. The lowest BCUT2D eigenvalue weighted by molar-refractivity contribution is -0.116. The van der Waals surface area contributed by atoms with E-state index >= 15 is 0 Å². The summed E-state index contributed by atoms with van der Waals surface area (Å²) in [4.78, 5) is 11.7. The Morgan fingerprint density at radius 2 is 1.75 bits per heavy atom. The Labute approximate surface area is 123 Å². The standard InChI is InChI=1S/C16H15ClN2O/c17-14-6-1-13(2-7-14)11-19-16(20)10-5-12-3-8-15(18)9-4-12/h1-10H,11,18H2,(H,19,20)/b10-5+. The molecule has 0 aromatic heterocycles. The lowest BCUT2D eigenvalue weighted by atomic mass is 10.2. The zero-order valence-electron chi connectivity index (χ0n) is 10.8. The van der Waals surface area contributed by atoms with Crippen molar-refractivity contribution in [1.82, 2.24) is 5.32 Å². The van der Waals surface area contributed by atoms with Crippen LogP contribution in [-0.2, 0) is 11.3 Å². The first kappa shape index (κ1) is 14.2. The van der Waals surface area contributed by atoms with Gasteiger partial charge in [0.25, 0.3) is 0 Å². The quantitative estimate of drug-likeness (QED) is 0.669. The zero-order chi connectivity index (χ0) is 14.4. The maximum Gasteiger partial charge on any atom is 0.244 e. The van der Waals surface area contributed by atoms with Crippen molar-refractivity contribution in [1.29, 1.82) is 0 Å². The third-order valence-electron chi connectivity index (χ3n) is 2.74. The molecule has 20 heavy (non-hydrogen) atoms. The third kappa shape index (κ3) is 4.44. The summed E-state index contributed by atoms with van der Waals surface area (Å²) >= 11 is 5.80. The number of rotatable bonds is 4. The molecular weight excluding hydrogens is 272 g/mol. The minimum Gasteiger partial charge on any atom is -0.399 e. The number of nitrogens with one attached hydrogen (secondary N) is 1. The molecule has 0 unspecified atom stereocenters. The van der Waals surface area contributed by atoms with Crippen LogP contribution in [0.4, 0.5) is 5.69 Å². The molecule has 0 saturated carbocycles. The SMILES string of the molecule is Nc1ccc(/C=C/C(=O)NCc2ccc(Cl)cc2)cc1. The molecule has 0 aliphatic carbocycles. The molecule has 0 atom stereocenters. The molecule has 1 amide bonds. The Morgan fingerprint density at radius 1 is 1.10 bits per heavy atom. The van der Waals surface area contributed by atoms with Gasteiger partial charge in [0.05, 0.1) is 0 Å². The number of amides is 1. The summed E-state index contributed by atoms with van der Waals surface area (Å²) < 4.78 is 0. The molecule has 3 N–H and O–H groups in total. The Bertz CT molecular complexity index is 603. The molecule has 102 valence electrons. The molecule has 0 fully saturated rings. The second-order valence-corrected chi connectivity index (χ2v) is 4.78. The second-order valence-electron chi connectivity index (χ2n) is 4.34. The average Bonchev–Trinajstić information content (AvgIpc) is 2.46. The number of nitrogens with two attached hydrogens (primary N) is 1. The topological polar surface area (TPSA) is 55.1 Å². The molecule has 0 aliphatic heterocycles. The molecule has 4 heteroatoms. The molecule has 2 rings (SSSR count). The van der Waals surface area contributed by atoms with E-state index in [0.717, 1.165) is 11.1 Å². The van der Waals surface area contributed by atoms with Crippen molar-refractivity contribution < 1.29 is 4.79 Å². The number of halogens is 1. The minimum absolute atomic E-state index is 0.142. The van der Waals surface area contributed by atoms with E-state index in [4.69, 9.17) is 17.3 Å². The van der Waals surface area contributed by atoms with Crippen LogP contribution in [0.3, 0.4) is 0 Å². The molecule has 2 aromatic rings. The number of carbonyl (C=O) groups is 1.